The van der Waals surface area contributed by atoms with Crippen LogP contribution >= 0.6 is 11.8 Å². The molecule has 0 bridgehead atoms. The highest BCUT2D eigenvalue weighted by Gasteiger charge is 2.14. The maximum atomic E-state index is 9.57. The molecule has 12 heavy (non-hydrogen) atoms. The van der Waals surface area contributed by atoms with Crippen LogP contribution in [0.25, 0.3) is 0 Å². The van der Waals surface area contributed by atoms with Crippen molar-refractivity contribution < 1.29 is 9.84 Å². The fourth-order valence-electron chi connectivity index (χ4n) is 1.15. The van der Waals surface area contributed by atoms with Crippen molar-refractivity contribution in [1.29, 1.82) is 0 Å². The Morgan fingerprint density at radius 1 is 1.75 bits per heavy atom. The van der Waals surface area contributed by atoms with Gasteiger partial charge in [-0.05, 0) is 24.0 Å². The van der Waals surface area contributed by atoms with Gasteiger partial charge in [-0.15, -0.1) is 0 Å². The van der Waals surface area contributed by atoms with Crippen LogP contribution in [0.1, 0.15) is 19.8 Å². The highest BCUT2D eigenvalue weighted by Crippen LogP contribution is 2.17. The molecule has 0 radical (unpaired) electrons. The quantitative estimate of drug-likeness (QED) is 0.667. The van der Waals surface area contributed by atoms with Gasteiger partial charge in [0.25, 0.3) is 0 Å². The van der Waals surface area contributed by atoms with E-state index in [1.165, 1.54) is 0 Å². The summed E-state index contributed by atoms with van der Waals surface area (Å²) in [7, 11) is 0. The first-order valence-corrected chi connectivity index (χ1v) is 5.58. The first-order valence-electron chi connectivity index (χ1n) is 4.43. The summed E-state index contributed by atoms with van der Waals surface area (Å²) in [5.41, 5.74) is 0. The predicted molar refractivity (Wildman–Crippen MR) is 52.3 cm³/mol. The molecule has 0 aromatic heterocycles. The normalized spacial score (nSPS) is 18.7. The van der Waals surface area contributed by atoms with Crippen LogP contribution in [0.5, 0.6) is 0 Å². The van der Waals surface area contributed by atoms with Crippen LogP contribution in [0.4, 0.5) is 0 Å². The third-order valence-electron chi connectivity index (χ3n) is 1.80. The van der Waals surface area contributed by atoms with Gasteiger partial charge in [-0.3, -0.25) is 0 Å². The van der Waals surface area contributed by atoms with Crippen LogP contribution in [0.2, 0.25) is 0 Å². The second kappa shape index (κ2) is 5.49. The van der Waals surface area contributed by atoms with E-state index in [2.05, 4.69) is 6.92 Å². The lowest BCUT2D eigenvalue weighted by Crippen LogP contribution is -2.11. The van der Waals surface area contributed by atoms with Crippen LogP contribution in [-0.4, -0.2) is 29.3 Å². The maximum Gasteiger partial charge on any atom is 0.121 e. The summed E-state index contributed by atoms with van der Waals surface area (Å²) in [4.78, 5) is 0. The summed E-state index contributed by atoms with van der Waals surface area (Å²) in [6.07, 6.45) is 3.38. The van der Waals surface area contributed by atoms with Gasteiger partial charge in [-0.25, -0.2) is 0 Å². The molecule has 1 N–H and O–H groups in total. The number of hydrogen-bond acceptors (Lipinski definition) is 3. The van der Waals surface area contributed by atoms with Gasteiger partial charge in [0.15, 0.2) is 0 Å². The summed E-state index contributed by atoms with van der Waals surface area (Å²) < 4.78 is 5.25. The minimum atomic E-state index is -0.369. The fraction of sp³-hybridized carbons (Fsp3) is 0.778. The first kappa shape index (κ1) is 9.93. The van der Waals surface area contributed by atoms with Gasteiger partial charge < -0.3 is 9.84 Å². The zero-order chi connectivity index (χ0) is 8.81. The highest BCUT2D eigenvalue weighted by molar-refractivity contribution is 7.99. The third kappa shape index (κ3) is 3.07. The van der Waals surface area contributed by atoms with E-state index >= 15 is 0 Å². The Morgan fingerprint density at radius 3 is 3.17 bits per heavy atom. The van der Waals surface area contributed by atoms with E-state index in [1.807, 2.05) is 17.8 Å². The molecule has 0 amide bonds. The van der Waals surface area contributed by atoms with Crippen molar-refractivity contribution in [3.05, 3.63) is 11.8 Å². The summed E-state index contributed by atoms with van der Waals surface area (Å²) in [6, 6.07) is 0. The first-order chi connectivity index (χ1) is 5.84. The second-order valence-corrected chi connectivity index (χ2v) is 4.14. The number of aliphatic hydroxyl groups is 1. The lowest BCUT2D eigenvalue weighted by atomic mass is 10.2. The molecule has 1 aliphatic rings. The molecule has 0 aromatic rings. The van der Waals surface area contributed by atoms with E-state index in [4.69, 9.17) is 4.74 Å². The van der Waals surface area contributed by atoms with Crippen LogP contribution in [0.15, 0.2) is 11.8 Å². The van der Waals surface area contributed by atoms with E-state index in [0.29, 0.717) is 0 Å². The Kier molecular flexibility index (Phi) is 4.54. The minimum absolute atomic E-state index is 0.369. The molecule has 3 heteroatoms. The minimum Gasteiger partial charge on any atom is -0.495 e. The van der Waals surface area contributed by atoms with Crippen molar-refractivity contribution in [3.63, 3.8) is 0 Å². The number of thioether (sulfide) groups is 1. The van der Waals surface area contributed by atoms with E-state index in [9.17, 15) is 5.11 Å². The molecule has 1 atom stereocenters. The highest BCUT2D eigenvalue weighted by atomic mass is 32.2. The molecule has 1 unspecified atom stereocenters. The lowest BCUT2D eigenvalue weighted by Gasteiger charge is -2.10. The second-order valence-electron chi connectivity index (χ2n) is 2.75. The molecule has 1 rings (SSSR count). The Morgan fingerprint density at radius 2 is 2.58 bits per heavy atom. The molecule has 0 saturated heterocycles. The Bertz CT molecular complexity index is 157. The molecule has 2 nitrogen and oxygen atoms in total. The molecular formula is C9H16O2S. The van der Waals surface area contributed by atoms with E-state index < -0.39 is 0 Å². The molecule has 0 spiro atoms. The van der Waals surface area contributed by atoms with Gasteiger partial charge in [0.05, 0.1) is 6.61 Å². The van der Waals surface area contributed by atoms with Gasteiger partial charge in [0.1, 0.15) is 11.9 Å². The van der Waals surface area contributed by atoms with E-state index in [1.54, 1.807) is 0 Å². The van der Waals surface area contributed by atoms with Crippen LogP contribution in [0, 0.1) is 0 Å². The summed E-state index contributed by atoms with van der Waals surface area (Å²) in [6.45, 7) is 2.87. The van der Waals surface area contributed by atoms with Gasteiger partial charge in [-0.2, -0.15) is 11.8 Å². The largest absolute Gasteiger partial charge is 0.495 e. The summed E-state index contributed by atoms with van der Waals surface area (Å²) >= 11 is 1.85. The van der Waals surface area contributed by atoms with Gasteiger partial charge in [-0.1, -0.05) is 6.92 Å². The van der Waals surface area contributed by atoms with Gasteiger partial charge >= 0.3 is 0 Å². The molecule has 1 aliphatic heterocycles. The smallest absolute Gasteiger partial charge is 0.121 e. The molecular weight excluding hydrogens is 172 g/mol. The monoisotopic (exact) mass is 188 g/mol. The predicted octanol–water partition coefficient (Wildman–Crippen LogP) is 1.79. The Labute approximate surface area is 78.0 Å². The Balaban J connectivity index is 2.14. The van der Waals surface area contributed by atoms with E-state index in [0.717, 1.165) is 36.7 Å². The maximum absolute atomic E-state index is 9.57. The number of rotatable bonds is 5. The molecule has 0 aliphatic carbocycles. The Hall–Kier alpha value is -0.150. The third-order valence-corrected chi connectivity index (χ3v) is 2.73. The van der Waals surface area contributed by atoms with Crippen LogP contribution < -0.4 is 0 Å². The van der Waals surface area contributed by atoms with Crippen molar-refractivity contribution in [2.45, 2.75) is 25.9 Å². The number of hydrogen-bond donors (Lipinski definition) is 1. The van der Waals surface area contributed by atoms with Gasteiger partial charge in [0.2, 0.25) is 0 Å². The average Bonchev–Trinajstić information content (AvgIpc) is 2.56. The van der Waals surface area contributed by atoms with E-state index in [-0.39, 0.29) is 6.10 Å². The number of ether oxygens (including phenoxy) is 1. The van der Waals surface area contributed by atoms with Crippen molar-refractivity contribution in [2.24, 2.45) is 0 Å². The van der Waals surface area contributed by atoms with Crippen LogP contribution in [0.3, 0.4) is 0 Å². The summed E-state index contributed by atoms with van der Waals surface area (Å²) in [5, 5.41) is 9.57. The SMILES string of the molecule is CCSCCC(O)C1=CCCO1. The molecule has 0 aromatic carbocycles. The summed E-state index contributed by atoms with van der Waals surface area (Å²) in [5.74, 6) is 2.91. The zero-order valence-electron chi connectivity index (χ0n) is 7.45. The topological polar surface area (TPSA) is 29.5 Å². The lowest BCUT2D eigenvalue weighted by molar-refractivity contribution is 0.116. The molecule has 0 saturated carbocycles. The van der Waals surface area contributed by atoms with Crippen molar-refractivity contribution >= 4 is 11.8 Å². The standard InChI is InChI=1S/C9H16O2S/c1-2-12-7-5-8(10)9-4-3-6-11-9/h4,8,10H,2-3,5-7H2,1H3. The van der Waals surface area contributed by atoms with Crippen molar-refractivity contribution in [1.82, 2.24) is 0 Å². The van der Waals surface area contributed by atoms with Crippen LogP contribution in [-0.2, 0) is 4.74 Å². The van der Waals surface area contributed by atoms with Crippen molar-refractivity contribution in [2.75, 3.05) is 18.1 Å². The number of aliphatic hydroxyl groups excluding tert-OH is 1. The molecule has 1 heterocycles. The molecule has 0 fully saturated rings. The van der Waals surface area contributed by atoms with Gasteiger partial charge in [0, 0.05) is 6.42 Å². The van der Waals surface area contributed by atoms with Crippen molar-refractivity contribution in [3.8, 4) is 0 Å². The fourth-order valence-corrected chi connectivity index (χ4v) is 1.83. The zero-order valence-corrected chi connectivity index (χ0v) is 8.27. The average molecular weight is 188 g/mol. The molecule has 70 valence electrons.